The summed E-state index contributed by atoms with van der Waals surface area (Å²) in [5.74, 6) is 0. The van der Waals surface area contributed by atoms with Crippen molar-refractivity contribution < 1.29 is 5.11 Å². The molecule has 0 radical (unpaired) electrons. The summed E-state index contributed by atoms with van der Waals surface area (Å²) in [4.78, 5) is 0.481. The Bertz CT molecular complexity index is 195. The first kappa shape index (κ1) is 6.45. The van der Waals surface area contributed by atoms with Crippen LogP contribution in [0.5, 0.6) is 0 Å². The molecule has 0 aromatic heterocycles. The third-order valence-electron chi connectivity index (χ3n) is 1.07. The summed E-state index contributed by atoms with van der Waals surface area (Å²) in [5, 5.41) is 8.97. The molecule has 1 atom stereocenters. The SMILES string of the molecule is NC1=CC(=S)C(O)C=C1. The van der Waals surface area contributed by atoms with Crippen LogP contribution in [0.2, 0.25) is 0 Å². The Morgan fingerprint density at radius 2 is 2.33 bits per heavy atom. The zero-order valence-corrected chi connectivity index (χ0v) is 5.56. The van der Waals surface area contributed by atoms with Gasteiger partial charge in [-0.1, -0.05) is 12.2 Å². The predicted octanol–water partition coefficient (Wildman–Crippen LogP) is 0.130. The zero-order chi connectivity index (χ0) is 6.85. The van der Waals surface area contributed by atoms with E-state index in [0.717, 1.165) is 0 Å². The maximum absolute atomic E-state index is 8.97. The summed E-state index contributed by atoms with van der Waals surface area (Å²) in [6, 6.07) is 0. The number of hydrogen-bond donors (Lipinski definition) is 2. The van der Waals surface area contributed by atoms with Crippen molar-refractivity contribution in [1.29, 1.82) is 0 Å². The Morgan fingerprint density at radius 1 is 1.67 bits per heavy atom. The maximum Gasteiger partial charge on any atom is 0.108 e. The fraction of sp³-hybridized carbons (Fsp3) is 0.167. The summed E-state index contributed by atoms with van der Waals surface area (Å²) in [6.07, 6.45) is 4.17. The van der Waals surface area contributed by atoms with Gasteiger partial charge in [0.05, 0.1) is 0 Å². The van der Waals surface area contributed by atoms with Crippen LogP contribution < -0.4 is 5.73 Å². The standard InChI is InChI=1S/C6H7NOS/c7-4-1-2-5(8)6(9)3-4/h1-3,5,8H,7H2. The van der Waals surface area contributed by atoms with Gasteiger partial charge in [0.15, 0.2) is 0 Å². The van der Waals surface area contributed by atoms with Crippen LogP contribution in [0.1, 0.15) is 0 Å². The lowest BCUT2D eigenvalue weighted by molar-refractivity contribution is 0.291. The second-order valence-corrected chi connectivity index (χ2v) is 2.32. The van der Waals surface area contributed by atoms with Crippen molar-refractivity contribution in [3.05, 3.63) is 23.9 Å². The normalized spacial score (nSPS) is 26.1. The van der Waals surface area contributed by atoms with Crippen LogP contribution in [0.25, 0.3) is 0 Å². The molecule has 1 aliphatic carbocycles. The lowest BCUT2D eigenvalue weighted by Crippen LogP contribution is -2.18. The summed E-state index contributed by atoms with van der Waals surface area (Å²) < 4.78 is 0. The average Bonchev–Trinajstić information content (AvgIpc) is 1.80. The molecule has 0 fully saturated rings. The van der Waals surface area contributed by atoms with Gasteiger partial charge < -0.3 is 10.8 Å². The topological polar surface area (TPSA) is 46.2 Å². The van der Waals surface area contributed by atoms with Crippen molar-refractivity contribution in [3.8, 4) is 0 Å². The molecular weight excluding hydrogens is 134 g/mol. The molecule has 3 heteroatoms. The fourth-order valence-corrected chi connectivity index (χ4v) is 0.810. The van der Waals surface area contributed by atoms with Crippen LogP contribution in [-0.4, -0.2) is 16.1 Å². The number of aliphatic hydroxyl groups is 1. The van der Waals surface area contributed by atoms with Crippen molar-refractivity contribution in [3.63, 3.8) is 0 Å². The number of aliphatic hydroxyl groups excluding tert-OH is 1. The number of thiocarbonyl (C=S) groups is 1. The molecule has 2 nitrogen and oxygen atoms in total. The van der Waals surface area contributed by atoms with E-state index in [1.807, 2.05) is 0 Å². The highest BCUT2D eigenvalue weighted by molar-refractivity contribution is 7.80. The van der Waals surface area contributed by atoms with Gasteiger partial charge in [-0.25, -0.2) is 0 Å². The largest absolute Gasteiger partial charge is 0.399 e. The van der Waals surface area contributed by atoms with Crippen molar-refractivity contribution in [2.24, 2.45) is 5.73 Å². The molecule has 0 amide bonds. The molecule has 0 aromatic carbocycles. The van der Waals surface area contributed by atoms with Crippen molar-refractivity contribution >= 4 is 17.1 Å². The van der Waals surface area contributed by atoms with E-state index < -0.39 is 6.10 Å². The maximum atomic E-state index is 8.97. The molecule has 0 spiro atoms. The van der Waals surface area contributed by atoms with E-state index in [1.54, 1.807) is 18.2 Å². The molecule has 3 N–H and O–H groups in total. The van der Waals surface area contributed by atoms with E-state index in [1.165, 1.54) is 0 Å². The van der Waals surface area contributed by atoms with Gasteiger partial charge in [0.1, 0.15) is 6.10 Å². The first-order valence-electron chi connectivity index (χ1n) is 2.57. The minimum absolute atomic E-state index is 0.481. The lowest BCUT2D eigenvalue weighted by atomic mass is 10.1. The van der Waals surface area contributed by atoms with Crippen LogP contribution in [0.15, 0.2) is 23.9 Å². The van der Waals surface area contributed by atoms with Crippen molar-refractivity contribution in [2.75, 3.05) is 0 Å². The van der Waals surface area contributed by atoms with Gasteiger partial charge in [0.25, 0.3) is 0 Å². The average molecular weight is 141 g/mol. The van der Waals surface area contributed by atoms with E-state index in [0.29, 0.717) is 10.6 Å². The van der Waals surface area contributed by atoms with Crippen molar-refractivity contribution in [1.82, 2.24) is 0 Å². The van der Waals surface area contributed by atoms with Gasteiger partial charge >= 0.3 is 0 Å². The molecule has 48 valence electrons. The molecule has 0 aliphatic heterocycles. The second-order valence-electron chi connectivity index (χ2n) is 1.85. The van der Waals surface area contributed by atoms with Crippen molar-refractivity contribution in [2.45, 2.75) is 6.10 Å². The van der Waals surface area contributed by atoms with Crippen LogP contribution >= 0.6 is 12.2 Å². The third kappa shape index (κ3) is 1.37. The highest BCUT2D eigenvalue weighted by Gasteiger charge is 2.07. The molecule has 9 heavy (non-hydrogen) atoms. The Hall–Kier alpha value is -0.670. The third-order valence-corrected chi connectivity index (χ3v) is 1.43. The molecule has 0 aromatic rings. The minimum Gasteiger partial charge on any atom is -0.399 e. The number of nitrogens with two attached hydrogens (primary N) is 1. The van der Waals surface area contributed by atoms with E-state index in [9.17, 15) is 0 Å². The van der Waals surface area contributed by atoms with E-state index in [2.05, 4.69) is 0 Å². The quantitative estimate of drug-likeness (QED) is 0.471. The van der Waals surface area contributed by atoms with E-state index in [4.69, 9.17) is 23.1 Å². The van der Waals surface area contributed by atoms with Crippen LogP contribution in [0.4, 0.5) is 0 Å². The molecular formula is C6H7NOS. The fourth-order valence-electron chi connectivity index (χ4n) is 0.595. The van der Waals surface area contributed by atoms with Crippen LogP contribution in [-0.2, 0) is 0 Å². The van der Waals surface area contributed by atoms with Gasteiger partial charge in [-0.3, -0.25) is 0 Å². The molecule has 1 unspecified atom stereocenters. The van der Waals surface area contributed by atoms with Gasteiger partial charge in [-0.2, -0.15) is 0 Å². The minimum atomic E-state index is -0.618. The smallest absolute Gasteiger partial charge is 0.108 e. The molecule has 0 heterocycles. The molecule has 1 aliphatic rings. The molecule has 0 saturated carbocycles. The molecule has 1 rings (SSSR count). The molecule has 0 saturated heterocycles. The number of allylic oxidation sites excluding steroid dienone is 1. The van der Waals surface area contributed by atoms with Gasteiger partial charge in [-0.15, -0.1) is 0 Å². The Morgan fingerprint density at radius 3 is 2.78 bits per heavy atom. The van der Waals surface area contributed by atoms with Crippen LogP contribution in [0, 0.1) is 0 Å². The summed E-state index contributed by atoms with van der Waals surface area (Å²) in [6.45, 7) is 0. The molecule has 0 bridgehead atoms. The van der Waals surface area contributed by atoms with Gasteiger partial charge in [0.2, 0.25) is 0 Å². The Kier molecular flexibility index (Phi) is 1.64. The van der Waals surface area contributed by atoms with E-state index in [-0.39, 0.29) is 0 Å². The van der Waals surface area contributed by atoms with E-state index >= 15 is 0 Å². The lowest BCUT2D eigenvalue weighted by Gasteiger charge is -2.08. The first-order chi connectivity index (χ1) is 4.20. The summed E-state index contributed by atoms with van der Waals surface area (Å²) in [5.41, 5.74) is 5.97. The van der Waals surface area contributed by atoms with Gasteiger partial charge in [-0.05, 0) is 18.2 Å². The van der Waals surface area contributed by atoms with Crippen LogP contribution in [0.3, 0.4) is 0 Å². The monoisotopic (exact) mass is 141 g/mol. The summed E-state index contributed by atoms with van der Waals surface area (Å²) >= 11 is 4.75. The number of hydrogen-bond acceptors (Lipinski definition) is 3. The predicted molar refractivity (Wildman–Crippen MR) is 40.0 cm³/mol. The van der Waals surface area contributed by atoms with Gasteiger partial charge in [0, 0.05) is 10.6 Å². The Labute approximate surface area is 58.7 Å². The second kappa shape index (κ2) is 2.29. The zero-order valence-electron chi connectivity index (χ0n) is 4.74. The Balaban J connectivity index is 2.82. The highest BCUT2D eigenvalue weighted by Crippen LogP contribution is 2.03. The number of rotatable bonds is 0. The first-order valence-corrected chi connectivity index (χ1v) is 2.98. The highest BCUT2D eigenvalue weighted by atomic mass is 32.1. The summed E-state index contributed by atoms with van der Waals surface area (Å²) in [7, 11) is 0.